The largest absolute Gasteiger partial charge is 0.288 e. The Morgan fingerprint density at radius 1 is 1.40 bits per heavy atom. The van der Waals surface area contributed by atoms with Crippen molar-refractivity contribution in [2.75, 3.05) is 14.1 Å². The normalized spacial score (nSPS) is 10.8. The van der Waals surface area contributed by atoms with Gasteiger partial charge >= 0.3 is 0 Å². The first kappa shape index (κ1) is 11.5. The summed E-state index contributed by atoms with van der Waals surface area (Å²) in [5.41, 5.74) is 4.02. The lowest BCUT2D eigenvalue weighted by molar-refractivity contribution is -0.937. The van der Waals surface area contributed by atoms with Gasteiger partial charge in [-0.2, -0.15) is 5.43 Å². The molecule has 0 fully saturated rings. The molecule has 0 atom stereocenters. The fourth-order valence-electron chi connectivity index (χ4n) is 1.42. The van der Waals surface area contributed by atoms with Crippen molar-refractivity contribution in [1.82, 2.24) is 5.43 Å². The van der Waals surface area contributed by atoms with Gasteiger partial charge in [0.2, 0.25) is 0 Å². The summed E-state index contributed by atoms with van der Waals surface area (Å²) in [5.74, 6) is -0.157. The number of carbonyl (C=O) groups excluding carboxylic acids is 1. The first-order valence-electron chi connectivity index (χ1n) is 4.85. The van der Waals surface area contributed by atoms with Crippen molar-refractivity contribution in [2.45, 2.75) is 6.54 Å². The summed E-state index contributed by atoms with van der Waals surface area (Å²) in [7, 11) is 3.88. The van der Waals surface area contributed by atoms with Crippen molar-refractivity contribution in [3.63, 3.8) is 0 Å². The third-order valence-corrected chi connectivity index (χ3v) is 2.02. The van der Waals surface area contributed by atoms with Gasteiger partial charge in [0.25, 0.3) is 5.91 Å². The van der Waals surface area contributed by atoms with E-state index in [-0.39, 0.29) is 5.91 Å². The summed E-state index contributed by atoms with van der Waals surface area (Å²) >= 11 is 0. The Kier molecular flexibility index (Phi) is 3.63. The summed E-state index contributed by atoms with van der Waals surface area (Å²) in [6.07, 6.45) is 1.28. The molecule has 0 radical (unpaired) electrons. The first-order chi connectivity index (χ1) is 7.03. The van der Waals surface area contributed by atoms with Gasteiger partial charge in [-0.15, -0.1) is 0 Å². The number of nitrogens with one attached hydrogen (secondary N) is 1. The molecule has 1 aromatic rings. The van der Waals surface area contributed by atoms with Crippen molar-refractivity contribution in [3.05, 3.63) is 48.6 Å². The molecule has 80 valence electrons. The molecule has 3 heteroatoms. The molecular weight excluding hydrogens is 188 g/mol. The van der Waals surface area contributed by atoms with Crippen LogP contribution in [-0.2, 0) is 11.3 Å². The van der Waals surface area contributed by atoms with Crippen LogP contribution in [0.2, 0.25) is 0 Å². The van der Waals surface area contributed by atoms with Gasteiger partial charge in [-0.25, -0.2) is 4.59 Å². The lowest BCUT2D eigenvalue weighted by Crippen LogP contribution is -2.53. The first-order valence-corrected chi connectivity index (χ1v) is 4.85. The molecule has 1 aromatic carbocycles. The van der Waals surface area contributed by atoms with E-state index >= 15 is 0 Å². The van der Waals surface area contributed by atoms with Crippen molar-refractivity contribution in [1.29, 1.82) is 0 Å². The second-order valence-corrected chi connectivity index (χ2v) is 4.01. The summed E-state index contributed by atoms with van der Waals surface area (Å²) in [5, 5.41) is 0. The van der Waals surface area contributed by atoms with E-state index in [2.05, 4.69) is 12.0 Å². The van der Waals surface area contributed by atoms with Gasteiger partial charge in [-0.05, 0) is 0 Å². The van der Waals surface area contributed by atoms with E-state index in [9.17, 15) is 4.79 Å². The molecule has 1 amide bonds. The Morgan fingerprint density at radius 2 is 2.00 bits per heavy atom. The highest BCUT2D eigenvalue weighted by Crippen LogP contribution is 2.05. The standard InChI is InChI=1S/C12H16N2O/c1-4-12(15)13-14(2,3)10-11-8-6-5-7-9-11/h4-9H,1,10H2,2-3H3/p+1. The number of amides is 1. The van der Waals surface area contributed by atoms with E-state index in [1.165, 1.54) is 11.6 Å². The molecule has 1 N–H and O–H groups in total. The molecule has 0 heterocycles. The average molecular weight is 205 g/mol. The highest BCUT2D eigenvalue weighted by molar-refractivity contribution is 5.85. The zero-order chi connectivity index (χ0) is 11.3. The van der Waals surface area contributed by atoms with Crippen LogP contribution in [0, 0.1) is 0 Å². The van der Waals surface area contributed by atoms with Crippen LogP contribution in [0.1, 0.15) is 5.56 Å². The molecule has 0 aliphatic carbocycles. The minimum atomic E-state index is -0.157. The number of benzene rings is 1. The fraction of sp³-hybridized carbons (Fsp3) is 0.250. The third kappa shape index (κ3) is 3.95. The van der Waals surface area contributed by atoms with Crippen molar-refractivity contribution >= 4 is 5.91 Å². The molecule has 1 rings (SSSR count). The molecule has 0 saturated carbocycles. The Balaban J connectivity index is 2.64. The van der Waals surface area contributed by atoms with Crippen molar-refractivity contribution in [2.24, 2.45) is 0 Å². The van der Waals surface area contributed by atoms with Gasteiger partial charge in [-0.1, -0.05) is 36.9 Å². The molecular formula is C12H17N2O+. The predicted octanol–water partition coefficient (Wildman–Crippen LogP) is 1.48. The second kappa shape index (κ2) is 4.75. The van der Waals surface area contributed by atoms with Gasteiger partial charge < -0.3 is 0 Å². The lowest BCUT2D eigenvalue weighted by atomic mass is 10.2. The number of hydrogen-bond donors (Lipinski definition) is 1. The fourth-order valence-corrected chi connectivity index (χ4v) is 1.42. The maximum Gasteiger partial charge on any atom is 0.288 e. The van der Waals surface area contributed by atoms with Crippen LogP contribution in [0.4, 0.5) is 0 Å². The van der Waals surface area contributed by atoms with Gasteiger partial charge in [0.05, 0.1) is 14.1 Å². The molecule has 0 spiro atoms. The lowest BCUT2D eigenvalue weighted by Gasteiger charge is -2.28. The highest BCUT2D eigenvalue weighted by atomic mass is 16.2. The van der Waals surface area contributed by atoms with Crippen molar-refractivity contribution < 1.29 is 9.39 Å². The minimum Gasteiger partial charge on any atom is -0.265 e. The monoisotopic (exact) mass is 205 g/mol. The Morgan fingerprint density at radius 3 is 2.53 bits per heavy atom. The molecule has 0 aromatic heterocycles. The smallest absolute Gasteiger partial charge is 0.265 e. The quantitative estimate of drug-likeness (QED) is 0.450. The van der Waals surface area contributed by atoms with Crippen LogP contribution in [-0.4, -0.2) is 24.6 Å². The maximum absolute atomic E-state index is 11.2. The van der Waals surface area contributed by atoms with E-state index < -0.39 is 0 Å². The topological polar surface area (TPSA) is 29.1 Å². The maximum atomic E-state index is 11.2. The number of carbonyl (C=O) groups is 1. The molecule has 0 saturated heterocycles. The van der Waals surface area contributed by atoms with Crippen LogP contribution in [0.3, 0.4) is 0 Å². The summed E-state index contributed by atoms with van der Waals surface area (Å²) in [4.78, 5) is 11.2. The SMILES string of the molecule is C=CC(=O)N[N+](C)(C)Cc1ccccc1. The zero-order valence-corrected chi connectivity index (χ0v) is 9.23. The van der Waals surface area contributed by atoms with Crippen LogP contribution >= 0.6 is 0 Å². The Hall–Kier alpha value is -1.61. The number of quaternary nitrogens is 1. The van der Waals surface area contributed by atoms with Gasteiger partial charge in [0.1, 0.15) is 6.54 Å². The van der Waals surface area contributed by atoms with E-state index in [1.807, 2.05) is 44.4 Å². The van der Waals surface area contributed by atoms with Gasteiger partial charge in [0, 0.05) is 11.6 Å². The van der Waals surface area contributed by atoms with E-state index in [1.54, 1.807) is 0 Å². The van der Waals surface area contributed by atoms with E-state index in [0.29, 0.717) is 4.59 Å². The van der Waals surface area contributed by atoms with Gasteiger partial charge in [-0.3, -0.25) is 4.79 Å². The average Bonchev–Trinajstić information content (AvgIpc) is 2.17. The summed E-state index contributed by atoms with van der Waals surface area (Å²) in [6.45, 7) is 4.18. The molecule has 0 unspecified atom stereocenters. The molecule has 0 aliphatic heterocycles. The number of hydrogen-bond acceptors (Lipinski definition) is 1. The zero-order valence-electron chi connectivity index (χ0n) is 9.23. The van der Waals surface area contributed by atoms with Gasteiger partial charge in [0.15, 0.2) is 0 Å². The van der Waals surface area contributed by atoms with Crippen molar-refractivity contribution in [3.8, 4) is 0 Å². The van der Waals surface area contributed by atoms with E-state index in [0.717, 1.165) is 6.54 Å². The molecule has 0 bridgehead atoms. The molecule has 15 heavy (non-hydrogen) atoms. The highest BCUT2D eigenvalue weighted by Gasteiger charge is 2.17. The molecule has 3 nitrogen and oxygen atoms in total. The van der Waals surface area contributed by atoms with Crippen LogP contribution in [0.25, 0.3) is 0 Å². The van der Waals surface area contributed by atoms with Crippen LogP contribution < -0.4 is 5.43 Å². The Bertz CT molecular complexity index is 344. The predicted molar refractivity (Wildman–Crippen MR) is 60.6 cm³/mol. The minimum absolute atomic E-state index is 0.157. The van der Waals surface area contributed by atoms with E-state index in [4.69, 9.17) is 0 Å². The van der Waals surface area contributed by atoms with Crippen LogP contribution in [0.5, 0.6) is 0 Å². The summed E-state index contributed by atoms with van der Waals surface area (Å²) < 4.78 is 0.412. The second-order valence-electron chi connectivity index (χ2n) is 4.01. The molecule has 0 aliphatic rings. The number of rotatable bonds is 4. The Labute approximate surface area is 90.6 Å². The summed E-state index contributed by atoms with van der Waals surface area (Å²) in [6, 6.07) is 10.0. The number of nitrogens with zero attached hydrogens (tertiary/aromatic N) is 1. The van der Waals surface area contributed by atoms with Crippen LogP contribution in [0.15, 0.2) is 43.0 Å². The third-order valence-electron chi connectivity index (χ3n) is 2.02.